The van der Waals surface area contributed by atoms with Crippen LogP contribution in [0.15, 0.2) is 54.6 Å². The van der Waals surface area contributed by atoms with Gasteiger partial charge >= 0.3 is 0 Å². The van der Waals surface area contributed by atoms with Crippen LogP contribution in [0.2, 0.25) is 0 Å². The summed E-state index contributed by atoms with van der Waals surface area (Å²) in [6.45, 7) is 2.53. The molecule has 0 N–H and O–H groups in total. The number of carbonyl (C=O) groups excluding carboxylic acids is 1. The lowest BCUT2D eigenvalue weighted by atomic mass is 9.95. The van der Waals surface area contributed by atoms with Crippen LogP contribution >= 0.6 is 0 Å². The van der Waals surface area contributed by atoms with Gasteiger partial charge in [-0.2, -0.15) is 0 Å². The van der Waals surface area contributed by atoms with Gasteiger partial charge in [-0.25, -0.2) is 0 Å². The summed E-state index contributed by atoms with van der Waals surface area (Å²) in [4.78, 5) is 12.3. The molecule has 1 saturated heterocycles. The molecule has 1 heterocycles. The Kier molecular flexibility index (Phi) is 4.02. The number of para-hydroxylation sites is 1. The molecule has 3 rings (SSSR count). The SMILES string of the molecule is CC1CC(C(=O)c2ccc(Oc3ccccc3)cc2)CO1. The Labute approximate surface area is 124 Å². The minimum absolute atomic E-state index is 0.0131. The molecular formula is C18H18O3. The Balaban J connectivity index is 1.68. The van der Waals surface area contributed by atoms with E-state index in [2.05, 4.69) is 0 Å². The summed E-state index contributed by atoms with van der Waals surface area (Å²) in [7, 11) is 0. The average Bonchev–Trinajstić information content (AvgIpc) is 2.95. The molecule has 2 aromatic carbocycles. The van der Waals surface area contributed by atoms with Crippen molar-refractivity contribution in [3.63, 3.8) is 0 Å². The van der Waals surface area contributed by atoms with E-state index in [0.29, 0.717) is 6.61 Å². The molecule has 21 heavy (non-hydrogen) atoms. The Hall–Kier alpha value is -2.13. The second kappa shape index (κ2) is 6.10. The summed E-state index contributed by atoms with van der Waals surface area (Å²) in [6, 6.07) is 16.9. The quantitative estimate of drug-likeness (QED) is 0.792. The molecule has 1 aliphatic heterocycles. The molecule has 0 spiro atoms. The lowest BCUT2D eigenvalue weighted by molar-refractivity contribution is 0.0877. The molecule has 2 aromatic rings. The van der Waals surface area contributed by atoms with Crippen molar-refractivity contribution in [1.29, 1.82) is 0 Å². The van der Waals surface area contributed by atoms with Crippen molar-refractivity contribution < 1.29 is 14.3 Å². The molecule has 0 aliphatic carbocycles. The number of rotatable bonds is 4. The van der Waals surface area contributed by atoms with Gasteiger partial charge in [0, 0.05) is 11.5 Å². The Morgan fingerprint density at radius 1 is 1.05 bits per heavy atom. The van der Waals surface area contributed by atoms with Crippen LogP contribution in [0, 0.1) is 5.92 Å². The molecule has 1 fully saturated rings. The molecule has 0 bridgehead atoms. The van der Waals surface area contributed by atoms with Gasteiger partial charge in [0.1, 0.15) is 11.5 Å². The third-order valence-corrected chi connectivity index (χ3v) is 3.69. The summed E-state index contributed by atoms with van der Waals surface area (Å²) >= 11 is 0. The van der Waals surface area contributed by atoms with Crippen molar-refractivity contribution in [1.82, 2.24) is 0 Å². The number of ketones is 1. The third-order valence-electron chi connectivity index (χ3n) is 3.69. The smallest absolute Gasteiger partial charge is 0.168 e. The van der Waals surface area contributed by atoms with Gasteiger partial charge in [-0.05, 0) is 49.7 Å². The fraction of sp³-hybridized carbons (Fsp3) is 0.278. The van der Waals surface area contributed by atoms with E-state index in [4.69, 9.17) is 9.47 Å². The Morgan fingerprint density at radius 2 is 1.71 bits per heavy atom. The molecule has 2 atom stereocenters. The molecule has 0 amide bonds. The van der Waals surface area contributed by atoms with E-state index in [-0.39, 0.29) is 17.8 Å². The molecular weight excluding hydrogens is 264 g/mol. The lowest BCUT2D eigenvalue weighted by Gasteiger charge is -2.09. The number of hydrogen-bond donors (Lipinski definition) is 0. The molecule has 108 valence electrons. The van der Waals surface area contributed by atoms with Gasteiger partial charge in [-0.15, -0.1) is 0 Å². The predicted octanol–water partition coefficient (Wildman–Crippen LogP) is 4.09. The summed E-state index contributed by atoms with van der Waals surface area (Å²) < 4.78 is 11.2. The van der Waals surface area contributed by atoms with Crippen LogP contribution < -0.4 is 4.74 Å². The highest BCUT2D eigenvalue weighted by Gasteiger charge is 2.28. The highest BCUT2D eigenvalue weighted by Crippen LogP contribution is 2.25. The maximum atomic E-state index is 12.3. The molecule has 0 saturated carbocycles. The normalized spacial score (nSPS) is 21.2. The Morgan fingerprint density at radius 3 is 2.33 bits per heavy atom. The minimum Gasteiger partial charge on any atom is -0.457 e. The van der Waals surface area contributed by atoms with Gasteiger partial charge < -0.3 is 9.47 Å². The standard InChI is InChI=1S/C18H18O3/c1-13-11-15(12-20-13)18(19)14-7-9-17(10-8-14)21-16-5-3-2-4-6-16/h2-10,13,15H,11-12H2,1H3. The third kappa shape index (κ3) is 3.31. The predicted molar refractivity (Wildman–Crippen MR) is 80.8 cm³/mol. The van der Waals surface area contributed by atoms with Crippen molar-refractivity contribution in [3.05, 3.63) is 60.2 Å². The molecule has 0 aromatic heterocycles. The first-order chi connectivity index (χ1) is 10.2. The van der Waals surface area contributed by atoms with Crippen molar-refractivity contribution in [2.24, 2.45) is 5.92 Å². The number of ether oxygens (including phenoxy) is 2. The maximum absolute atomic E-state index is 12.3. The van der Waals surface area contributed by atoms with E-state index in [0.717, 1.165) is 23.5 Å². The van der Waals surface area contributed by atoms with Gasteiger partial charge in [0.05, 0.1) is 12.7 Å². The van der Waals surface area contributed by atoms with E-state index in [1.807, 2.05) is 61.5 Å². The first-order valence-electron chi connectivity index (χ1n) is 7.21. The highest BCUT2D eigenvalue weighted by atomic mass is 16.5. The summed E-state index contributed by atoms with van der Waals surface area (Å²) in [5, 5.41) is 0. The number of carbonyl (C=O) groups is 1. The monoisotopic (exact) mass is 282 g/mol. The second-order valence-electron chi connectivity index (χ2n) is 5.38. The molecule has 2 unspecified atom stereocenters. The molecule has 0 radical (unpaired) electrons. The van der Waals surface area contributed by atoms with Gasteiger partial charge in [0.2, 0.25) is 0 Å². The van der Waals surface area contributed by atoms with Gasteiger partial charge in [-0.3, -0.25) is 4.79 Å². The Bertz CT molecular complexity index is 604. The topological polar surface area (TPSA) is 35.5 Å². The zero-order valence-electron chi connectivity index (χ0n) is 12.0. The first kappa shape index (κ1) is 13.8. The van der Waals surface area contributed by atoms with E-state index < -0.39 is 0 Å². The van der Waals surface area contributed by atoms with E-state index in [1.54, 1.807) is 0 Å². The van der Waals surface area contributed by atoms with Gasteiger partial charge in [0.25, 0.3) is 0 Å². The fourth-order valence-corrected chi connectivity index (χ4v) is 2.55. The number of hydrogen-bond acceptors (Lipinski definition) is 3. The fourth-order valence-electron chi connectivity index (χ4n) is 2.55. The van der Waals surface area contributed by atoms with E-state index in [9.17, 15) is 4.79 Å². The summed E-state index contributed by atoms with van der Waals surface area (Å²) in [5.41, 5.74) is 0.720. The zero-order chi connectivity index (χ0) is 14.7. The highest BCUT2D eigenvalue weighted by molar-refractivity contribution is 5.98. The van der Waals surface area contributed by atoms with E-state index in [1.165, 1.54) is 0 Å². The second-order valence-corrected chi connectivity index (χ2v) is 5.38. The van der Waals surface area contributed by atoms with Crippen LogP contribution in [0.5, 0.6) is 11.5 Å². The molecule has 3 heteroatoms. The largest absolute Gasteiger partial charge is 0.457 e. The summed E-state index contributed by atoms with van der Waals surface area (Å²) in [5.74, 6) is 1.66. The first-order valence-corrected chi connectivity index (χ1v) is 7.21. The van der Waals surface area contributed by atoms with Crippen LogP contribution in [0.25, 0.3) is 0 Å². The van der Waals surface area contributed by atoms with Gasteiger partial charge in [-0.1, -0.05) is 18.2 Å². The summed E-state index contributed by atoms with van der Waals surface area (Å²) in [6.07, 6.45) is 0.987. The van der Waals surface area contributed by atoms with Crippen LogP contribution in [0.4, 0.5) is 0 Å². The van der Waals surface area contributed by atoms with Crippen LogP contribution in [0.3, 0.4) is 0 Å². The van der Waals surface area contributed by atoms with Crippen molar-refractivity contribution in [2.75, 3.05) is 6.61 Å². The van der Waals surface area contributed by atoms with Crippen molar-refractivity contribution in [3.8, 4) is 11.5 Å². The number of Topliss-reactive ketones (excluding diaryl/α,β-unsaturated/α-hetero) is 1. The van der Waals surface area contributed by atoms with Gasteiger partial charge in [0.15, 0.2) is 5.78 Å². The minimum atomic E-state index is -0.0131. The maximum Gasteiger partial charge on any atom is 0.168 e. The van der Waals surface area contributed by atoms with Crippen LogP contribution in [0.1, 0.15) is 23.7 Å². The number of benzene rings is 2. The molecule has 3 nitrogen and oxygen atoms in total. The van der Waals surface area contributed by atoms with E-state index >= 15 is 0 Å². The van der Waals surface area contributed by atoms with Crippen molar-refractivity contribution >= 4 is 5.78 Å². The lowest BCUT2D eigenvalue weighted by Crippen LogP contribution is -2.14. The van der Waals surface area contributed by atoms with Crippen molar-refractivity contribution in [2.45, 2.75) is 19.4 Å². The zero-order valence-corrected chi connectivity index (χ0v) is 12.0. The van der Waals surface area contributed by atoms with Crippen LogP contribution in [-0.4, -0.2) is 18.5 Å². The van der Waals surface area contributed by atoms with Crippen LogP contribution in [-0.2, 0) is 4.74 Å². The average molecular weight is 282 g/mol. The molecule has 1 aliphatic rings.